The molecule has 4 rings (SSSR count). The standard InChI is InChI=1S/C16H14N2S3/c1-3-12-15(18-7-6-17-16(18)21-12)14-9-10-8-11(19-2)4-5-13(10)20-14/h3-5,8-9H,1,6-7H2,2H3. The number of benzene rings is 1. The van der Waals surface area contributed by atoms with Crippen molar-refractivity contribution in [2.24, 2.45) is 4.99 Å². The van der Waals surface area contributed by atoms with Crippen LogP contribution in [0.5, 0.6) is 0 Å². The predicted octanol–water partition coefficient (Wildman–Crippen LogP) is 4.90. The van der Waals surface area contributed by atoms with Gasteiger partial charge in [-0.15, -0.1) is 23.1 Å². The van der Waals surface area contributed by atoms with E-state index in [1.54, 1.807) is 23.5 Å². The van der Waals surface area contributed by atoms with Gasteiger partial charge in [0.25, 0.3) is 0 Å². The van der Waals surface area contributed by atoms with Crippen molar-refractivity contribution in [2.45, 2.75) is 4.90 Å². The smallest absolute Gasteiger partial charge is 0.168 e. The second kappa shape index (κ2) is 5.23. The highest BCUT2D eigenvalue weighted by molar-refractivity contribution is 8.17. The van der Waals surface area contributed by atoms with E-state index in [0.29, 0.717) is 0 Å². The van der Waals surface area contributed by atoms with Crippen molar-refractivity contribution in [1.82, 2.24) is 4.90 Å². The molecular weight excluding hydrogens is 316 g/mol. The quantitative estimate of drug-likeness (QED) is 0.745. The average Bonchev–Trinajstić information content (AvgIpc) is 3.18. The molecule has 0 saturated carbocycles. The zero-order chi connectivity index (χ0) is 14.4. The number of thiophene rings is 1. The molecule has 21 heavy (non-hydrogen) atoms. The number of amidine groups is 1. The van der Waals surface area contributed by atoms with Crippen molar-refractivity contribution in [3.05, 3.63) is 46.7 Å². The van der Waals surface area contributed by atoms with Gasteiger partial charge in [0.2, 0.25) is 0 Å². The van der Waals surface area contributed by atoms with Gasteiger partial charge in [-0.2, -0.15) is 0 Å². The monoisotopic (exact) mass is 330 g/mol. The Hall–Kier alpha value is -1.17. The SMILES string of the molecule is C=CC1=C(c2cc3cc(SC)ccc3s2)N2CCN=C2S1. The third kappa shape index (κ3) is 2.15. The fraction of sp³-hybridized carbons (Fsp3) is 0.188. The number of thioether (sulfide) groups is 2. The van der Waals surface area contributed by atoms with E-state index in [1.165, 1.54) is 30.5 Å². The van der Waals surface area contributed by atoms with Crippen LogP contribution in [0.2, 0.25) is 0 Å². The molecule has 0 unspecified atom stereocenters. The first-order valence-corrected chi connectivity index (χ1v) is 9.60. The Morgan fingerprint density at radius 1 is 1.38 bits per heavy atom. The lowest BCUT2D eigenvalue weighted by atomic mass is 10.2. The van der Waals surface area contributed by atoms with Crippen LogP contribution in [0.4, 0.5) is 0 Å². The van der Waals surface area contributed by atoms with E-state index in [9.17, 15) is 0 Å². The Morgan fingerprint density at radius 3 is 3.10 bits per heavy atom. The van der Waals surface area contributed by atoms with Crippen LogP contribution in [-0.4, -0.2) is 29.4 Å². The minimum absolute atomic E-state index is 0.901. The third-order valence-electron chi connectivity index (χ3n) is 3.65. The molecule has 1 aromatic carbocycles. The molecule has 0 atom stereocenters. The van der Waals surface area contributed by atoms with Gasteiger partial charge >= 0.3 is 0 Å². The van der Waals surface area contributed by atoms with Crippen LogP contribution in [0, 0.1) is 0 Å². The first-order chi connectivity index (χ1) is 10.3. The van der Waals surface area contributed by atoms with Gasteiger partial charge in [-0.05, 0) is 47.7 Å². The van der Waals surface area contributed by atoms with E-state index in [-0.39, 0.29) is 0 Å². The Kier molecular flexibility index (Phi) is 3.36. The number of nitrogens with zero attached hydrogens (tertiary/aromatic N) is 2. The van der Waals surface area contributed by atoms with Crippen molar-refractivity contribution < 1.29 is 0 Å². The largest absolute Gasteiger partial charge is 0.317 e. The van der Waals surface area contributed by atoms with Gasteiger partial charge in [0.05, 0.1) is 17.1 Å². The van der Waals surface area contributed by atoms with E-state index in [4.69, 9.17) is 0 Å². The lowest BCUT2D eigenvalue weighted by molar-refractivity contribution is 0.650. The summed E-state index contributed by atoms with van der Waals surface area (Å²) in [5.41, 5.74) is 1.29. The first kappa shape index (κ1) is 13.5. The van der Waals surface area contributed by atoms with Crippen LogP contribution in [-0.2, 0) is 0 Å². The molecule has 0 N–H and O–H groups in total. The van der Waals surface area contributed by atoms with Gasteiger partial charge in [0.15, 0.2) is 5.17 Å². The average molecular weight is 331 g/mol. The maximum Gasteiger partial charge on any atom is 0.168 e. The molecule has 0 amide bonds. The van der Waals surface area contributed by atoms with Crippen molar-refractivity contribution in [1.29, 1.82) is 0 Å². The van der Waals surface area contributed by atoms with Crippen molar-refractivity contribution in [3.63, 3.8) is 0 Å². The summed E-state index contributed by atoms with van der Waals surface area (Å²) in [6, 6.07) is 9.00. The molecule has 2 aliphatic heterocycles. The highest BCUT2D eigenvalue weighted by Gasteiger charge is 2.32. The summed E-state index contributed by atoms with van der Waals surface area (Å²) in [5, 5.41) is 2.45. The fourth-order valence-corrected chi connectivity index (χ4v) is 5.33. The summed E-state index contributed by atoms with van der Waals surface area (Å²) in [7, 11) is 0. The Morgan fingerprint density at radius 2 is 2.29 bits per heavy atom. The second-order valence-electron chi connectivity index (χ2n) is 4.85. The molecule has 2 aliphatic rings. The number of hydrogen-bond acceptors (Lipinski definition) is 5. The Bertz CT molecular complexity index is 801. The lowest BCUT2D eigenvalue weighted by Crippen LogP contribution is -2.19. The van der Waals surface area contributed by atoms with Crippen LogP contribution < -0.4 is 0 Å². The molecule has 3 heterocycles. The summed E-state index contributed by atoms with van der Waals surface area (Å²) < 4.78 is 1.34. The molecule has 0 saturated heterocycles. The predicted molar refractivity (Wildman–Crippen MR) is 97.3 cm³/mol. The van der Waals surface area contributed by atoms with Crippen LogP contribution >= 0.6 is 34.9 Å². The summed E-state index contributed by atoms with van der Waals surface area (Å²) in [6.45, 7) is 5.85. The van der Waals surface area contributed by atoms with Crippen LogP contribution in [0.25, 0.3) is 15.8 Å². The minimum atomic E-state index is 0.901. The van der Waals surface area contributed by atoms with Crippen LogP contribution in [0.3, 0.4) is 0 Å². The molecule has 0 fully saturated rings. The van der Waals surface area contributed by atoms with Gasteiger partial charge in [-0.25, -0.2) is 0 Å². The second-order valence-corrected chi connectivity index (χ2v) is 7.82. The number of hydrogen-bond donors (Lipinski definition) is 0. The molecule has 0 bridgehead atoms. The summed E-state index contributed by atoms with van der Waals surface area (Å²) in [4.78, 5) is 10.8. The molecule has 0 radical (unpaired) electrons. The van der Waals surface area contributed by atoms with Crippen molar-refractivity contribution in [2.75, 3.05) is 19.3 Å². The Labute approximate surface area is 136 Å². The number of aliphatic imine (C=N–C) groups is 1. The number of rotatable bonds is 3. The summed E-state index contributed by atoms with van der Waals surface area (Å²) >= 11 is 5.39. The topological polar surface area (TPSA) is 15.6 Å². The summed E-state index contributed by atoms with van der Waals surface area (Å²) in [5.74, 6) is 0. The normalized spacial score (nSPS) is 17.6. The van der Waals surface area contributed by atoms with Gasteiger partial charge < -0.3 is 4.90 Å². The lowest BCUT2D eigenvalue weighted by Gasteiger charge is -2.15. The zero-order valence-electron chi connectivity index (χ0n) is 11.6. The molecule has 1 aromatic heterocycles. The minimum Gasteiger partial charge on any atom is -0.317 e. The van der Waals surface area contributed by atoms with E-state index in [2.05, 4.69) is 47.0 Å². The van der Waals surface area contributed by atoms with Crippen LogP contribution in [0.1, 0.15) is 4.88 Å². The van der Waals surface area contributed by atoms with Gasteiger partial charge in [0.1, 0.15) is 0 Å². The third-order valence-corrected chi connectivity index (χ3v) is 6.61. The molecule has 5 heteroatoms. The summed E-state index contributed by atoms with van der Waals surface area (Å²) in [6.07, 6.45) is 4.08. The van der Waals surface area contributed by atoms with Crippen molar-refractivity contribution in [3.8, 4) is 0 Å². The molecule has 0 aliphatic carbocycles. The molecule has 0 spiro atoms. The number of allylic oxidation sites excluding steroid dienone is 1. The highest BCUT2D eigenvalue weighted by Crippen LogP contribution is 2.45. The molecular formula is C16H14N2S3. The van der Waals surface area contributed by atoms with Crippen molar-refractivity contribution >= 4 is 55.8 Å². The zero-order valence-corrected chi connectivity index (χ0v) is 14.1. The fourth-order valence-electron chi connectivity index (χ4n) is 2.66. The van der Waals surface area contributed by atoms with E-state index < -0.39 is 0 Å². The maximum absolute atomic E-state index is 4.57. The van der Waals surface area contributed by atoms with Gasteiger partial charge in [-0.1, -0.05) is 12.7 Å². The van der Waals surface area contributed by atoms with Crippen LogP contribution in [0.15, 0.2) is 51.7 Å². The van der Waals surface area contributed by atoms with E-state index in [0.717, 1.165) is 18.3 Å². The molecule has 2 aromatic rings. The molecule has 106 valence electrons. The van der Waals surface area contributed by atoms with E-state index >= 15 is 0 Å². The maximum atomic E-state index is 4.57. The highest BCUT2D eigenvalue weighted by atomic mass is 32.2. The number of fused-ring (bicyclic) bond motifs is 2. The first-order valence-electron chi connectivity index (χ1n) is 6.74. The van der Waals surface area contributed by atoms with Gasteiger partial charge in [0, 0.05) is 21.0 Å². The Balaban J connectivity index is 1.85. The van der Waals surface area contributed by atoms with Gasteiger partial charge in [-0.3, -0.25) is 4.99 Å². The van der Waals surface area contributed by atoms with E-state index in [1.807, 2.05) is 17.4 Å². The molecule has 2 nitrogen and oxygen atoms in total.